The topological polar surface area (TPSA) is 47.0 Å². The van der Waals surface area contributed by atoms with Crippen LogP contribution in [0, 0.1) is 5.92 Å². The third-order valence-electron chi connectivity index (χ3n) is 2.56. The Labute approximate surface area is 91.1 Å². The lowest BCUT2D eigenvalue weighted by molar-refractivity contribution is 0.171. The fourth-order valence-corrected chi connectivity index (χ4v) is 1.67. The van der Waals surface area contributed by atoms with E-state index in [-0.39, 0.29) is 6.04 Å². The second-order valence-corrected chi connectivity index (χ2v) is 3.66. The fraction of sp³-hybridized carbons (Fsp3) is 0.636. The van der Waals surface area contributed by atoms with E-state index in [2.05, 4.69) is 22.2 Å². The third-order valence-corrected chi connectivity index (χ3v) is 2.56. The van der Waals surface area contributed by atoms with Crippen molar-refractivity contribution in [1.82, 2.24) is 15.3 Å². The van der Waals surface area contributed by atoms with Crippen LogP contribution in [-0.2, 0) is 4.74 Å². The van der Waals surface area contributed by atoms with Crippen LogP contribution in [0.2, 0.25) is 0 Å². The average Bonchev–Trinajstić information content (AvgIpc) is 2.29. The van der Waals surface area contributed by atoms with Crippen molar-refractivity contribution in [1.29, 1.82) is 0 Å². The summed E-state index contributed by atoms with van der Waals surface area (Å²) in [5, 5.41) is 3.27. The van der Waals surface area contributed by atoms with Crippen LogP contribution in [0.15, 0.2) is 18.6 Å². The number of nitrogens with zero attached hydrogens (tertiary/aromatic N) is 2. The number of ether oxygens (including phenoxy) is 1. The largest absolute Gasteiger partial charge is 0.385 e. The smallest absolute Gasteiger partial charge is 0.0758 e. The summed E-state index contributed by atoms with van der Waals surface area (Å²) in [4.78, 5) is 8.40. The summed E-state index contributed by atoms with van der Waals surface area (Å²) < 4.78 is 5.08. The summed E-state index contributed by atoms with van der Waals surface area (Å²) in [5.41, 5.74) is 0.989. The lowest BCUT2D eigenvalue weighted by atomic mass is 9.96. The van der Waals surface area contributed by atoms with Gasteiger partial charge in [0.1, 0.15) is 0 Å². The molecule has 0 fully saturated rings. The Morgan fingerprint density at radius 1 is 1.47 bits per heavy atom. The molecule has 0 aromatic carbocycles. The zero-order valence-electron chi connectivity index (χ0n) is 9.60. The summed E-state index contributed by atoms with van der Waals surface area (Å²) in [6, 6.07) is 0.244. The van der Waals surface area contributed by atoms with Crippen LogP contribution in [0.4, 0.5) is 0 Å². The average molecular weight is 209 g/mol. The van der Waals surface area contributed by atoms with E-state index >= 15 is 0 Å². The van der Waals surface area contributed by atoms with Crippen LogP contribution >= 0.6 is 0 Å². The molecule has 0 radical (unpaired) electrons. The van der Waals surface area contributed by atoms with E-state index in [1.807, 2.05) is 13.2 Å². The summed E-state index contributed by atoms with van der Waals surface area (Å²) >= 11 is 0. The highest BCUT2D eigenvalue weighted by Gasteiger charge is 2.18. The first-order chi connectivity index (χ1) is 7.29. The number of rotatable bonds is 6. The SMILES string of the molecule is CNC(c1cnccn1)C(C)CCOC. The van der Waals surface area contributed by atoms with E-state index in [1.54, 1.807) is 19.5 Å². The van der Waals surface area contributed by atoms with Crippen molar-refractivity contribution in [2.45, 2.75) is 19.4 Å². The molecule has 0 aliphatic heterocycles. The molecule has 0 saturated carbocycles. The molecule has 84 valence electrons. The minimum Gasteiger partial charge on any atom is -0.385 e. The zero-order valence-corrected chi connectivity index (χ0v) is 9.60. The van der Waals surface area contributed by atoms with Crippen LogP contribution in [0.25, 0.3) is 0 Å². The Morgan fingerprint density at radius 2 is 2.27 bits per heavy atom. The van der Waals surface area contributed by atoms with Crippen LogP contribution < -0.4 is 5.32 Å². The highest BCUT2D eigenvalue weighted by atomic mass is 16.5. The Bertz CT molecular complexity index is 266. The summed E-state index contributed by atoms with van der Waals surface area (Å²) in [6.07, 6.45) is 6.24. The van der Waals surface area contributed by atoms with Gasteiger partial charge < -0.3 is 10.1 Å². The molecule has 1 aromatic rings. The van der Waals surface area contributed by atoms with Crippen LogP contribution in [-0.4, -0.2) is 30.7 Å². The van der Waals surface area contributed by atoms with E-state index in [9.17, 15) is 0 Å². The highest BCUT2D eigenvalue weighted by Crippen LogP contribution is 2.21. The standard InChI is InChI=1S/C11H19N3O/c1-9(4-7-15-3)11(12-2)10-8-13-5-6-14-10/h5-6,8-9,11-12H,4,7H2,1-3H3. The molecule has 0 bridgehead atoms. The van der Waals surface area contributed by atoms with Gasteiger partial charge in [-0.3, -0.25) is 9.97 Å². The van der Waals surface area contributed by atoms with Crippen molar-refractivity contribution in [2.75, 3.05) is 20.8 Å². The normalized spacial score (nSPS) is 14.9. The lowest BCUT2D eigenvalue weighted by Gasteiger charge is -2.22. The van der Waals surface area contributed by atoms with E-state index < -0.39 is 0 Å². The number of hydrogen-bond donors (Lipinski definition) is 1. The first-order valence-electron chi connectivity index (χ1n) is 5.21. The van der Waals surface area contributed by atoms with Crippen molar-refractivity contribution in [3.05, 3.63) is 24.3 Å². The third kappa shape index (κ3) is 3.57. The molecule has 4 heteroatoms. The summed E-state index contributed by atoms with van der Waals surface area (Å²) in [6.45, 7) is 2.97. The molecule has 0 saturated heterocycles. The predicted octanol–water partition coefficient (Wildman–Crippen LogP) is 1.41. The van der Waals surface area contributed by atoms with E-state index in [0.29, 0.717) is 5.92 Å². The van der Waals surface area contributed by atoms with Gasteiger partial charge in [-0.05, 0) is 19.4 Å². The van der Waals surface area contributed by atoms with Gasteiger partial charge in [0.15, 0.2) is 0 Å². The van der Waals surface area contributed by atoms with Crippen molar-refractivity contribution in [2.24, 2.45) is 5.92 Å². The van der Waals surface area contributed by atoms with Gasteiger partial charge in [0, 0.05) is 32.3 Å². The van der Waals surface area contributed by atoms with Crippen LogP contribution in [0.3, 0.4) is 0 Å². The molecule has 0 spiro atoms. The van der Waals surface area contributed by atoms with E-state index in [4.69, 9.17) is 4.74 Å². The maximum atomic E-state index is 5.08. The Balaban J connectivity index is 2.63. The monoisotopic (exact) mass is 209 g/mol. The molecule has 2 unspecified atom stereocenters. The molecule has 0 aliphatic rings. The van der Waals surface area contributed by atoms with Gasteiger partial charge in [-0.25, -0.2) is 0 Å². The van der Waals surface area contributed by atoms with Crippen molar-refractivity contribution >= 4 is 0 Å². The molecule has 1 aromatic heterocycles. The first kappa shape index (κ1) is 12.1. The van der Waals surface area contributed by atoms with Gasteiger partial charge in [-0.1, -0.05) is 6.92 Å². The molecule has 2 atom stereocenters. The molecular formula is C11H19N3O. The van der Waals surface area contributed by atoms with Gasteiger partial charge in [0.05, 0.1) is 11.7 Å². The minimum atomic E-state index is 0.244. The molecule has 1 N–H and O–H groups in total. The lowest BCUT2D eigenvalue weighted by Crippen LogP contribution is -2.25. The second kappa shape index (κ2) is 6.48. The van der Waals surface area contributed by atoms with Crippen molar-refractivity contribution in [3.63, 3.8) is 0 Å². The Hall–Kier alpha value is -1.00. The van der Waals surface area contributed by atoms with Crippen molar-refractivity contribution in [3.8, 4) is 0 Å². The number of aromatic nitrogens is 2. The predicted molar refractivity (Wildman–Crippen MR) is 59.5 cm³/mol. The van der Waals surface area contributed by atoms with Gasteiger partial charge >= 0.3 is 0 Å². The van der Waals surface area contributed by atoms with Gasteiger partial charge in [-0.2, -0.15) is 0 Å². The molecule has 4 nitrogen and oxygen atoms in total. The van der Waals surface area contributed by atoms with Gasteiger partial charge in [0.25, 0.3) is 0 Å². The molecule has 1 rings (SSSR count). The van der Waals surface area contributed by atoms with E-state index in [0.717, 1.165) is 18.7 Å². The van der Waals surface area contributed by atoms with E-state index in [1.165, 1.54) is 0 Å². The quantitative estimate of drug-likeness (QED) is 0.769. The van der Waals surface area contributed by atoms with Crippen molar-refractivity contribution < 1.29 is 4.74 Å². The zero-order chi connectivity index (χ0) is 11.1. The van der Waals surface area contributed by atoms with Crippen LogP contribution in [0.1, 0.15) is 25.1 Å². The van der Waals surface area contributed by atoms with Crippen LogP contribution in [0.5, 0.6) is 0 Å². The molecule has 0 amide bonds. The summed E-state index contributed by atoms with van der Waals surface area (Å²) in [7, 11) is 3.67. The number of nitrogens with one attached hydrogen (secondary N) is 1. The Kier molecular flexibility index (Phi) is 5.21. The first-order valence-corrected chi connectivity index (χ1v) is 5.21. The number of methoxy groups -OCH3 is 1. The minimum absolute atomic E-state index is 0.244. The summed E-state index contributed by atoms with van der Waals surface area (Å²) in [5.74, 6) is 0.478. The maximum Gasteiger partial charge on any atom is 0.0758 e. The van der Waals surface area contributed by atoms with Gasteiger partial charge in [-0.15, -0.1) is 0 Å². The molecule has 1 heterocycles. The molecule has 15 heavy (non-hydrogen) atoms. The number of hydrogen-bond acceptors (Lipinski definition) is 4. The van der Waals surface area contributed by atoms with Gasteiger partial charge in [0.2, 0.25) is 0 Å². The second-order valence-electron chi connectivity index (χ2n) is 3.66. The fourth-order valence-electron chi connectivity index (χ4n) is 1.67. The molecular weight excluding hydrogens is 190 g/mol. The highest BCUT2D eigenvalue weighted by molar-refractivity contribution is 5.03. The maximum absolute atomic E-state index is 5.08. The molecule has 0 aliphatic carbocycles. The Morgan fingerprint density at radius 3 is 2.80 bits per heavy atom.